The highest BCUT2D eigenvalue weighted by Gasteiger charge is 2.27. The van der Waals surface area contributed by atoms with Gasteiger partial charge in [-0.05, 0) is 25.3 Å². The number of piperidine rings is 1. The fourth-order valence-electron chi connectivity index (χ4n) is 2.82. The highest BCUT2D eigenvalue weighted by Crippen LogP contribution is 2.39. The fourth-order valence-corrected chi connectivity index (χ4v) is 2.82. The molecule has 0 aromatic heterocycles. The van der Waals surface area contributed by atoms with Gasteiger partial charge in [0, 0.05) is 24.7 Å². The lowest BCUT2D eigenvalue weighted by Crippen LogP contribution is -2.36. The molecule has 0 radical (unpaired) electrons. The number of rotatable bonds is 5. The number of nitriles is 1. The monoisotopic (exact) mass is 361 g/mol. The third-order valence-corrected chi connectivity index (χ3v) is 4.14. The number of amides is 1. The van der Waals surface area contributed by atoms with Crippen LogP contribution in [0.25, 0.3) is 5.76 Å². The van der Waals surface area contributed by atoms with E-state index in [1.54, 1.807) is 6.07 Å². The quantitative estimate of drug-likeness (QED) is 0.280. The molecule has 0 spiro atoms. The van der Waals surface area contributed by atoms with Gasteiger partial charge in [-0.3, -0.25) is 14.9 Å². The van der Waals surface area contributed by atoms with Gasteiger partial charge < -0.3 is 19.5 Å². The number of likely N-dealkylation sites (tertiary alicyclic amines) is 1. The van der Waals surface area contributed by atoms with Crippen molar-refractivity contribution in [2.45, 2.75) is 19.3 Å². The van der Waals surface area contributed by atoms with Crippen LogP contribution in [-0.4, -0.2) is 48.1 Å². The number of methoxy groups -OCH3 is 2. The van der Waals surface area contributed by atoms with Crippen LogP contribution < -0.4 is 9.47 Å². The van der Waals surface area contributed by atoms with Crippen molar-refractivity contribution < 1.29 is 24.3 Å². The average Bonchev–Trinajstić information content (AvgIpc) is 2.67. The summed E-state index contributed by atoms with van der Waals surface area (Å²) in [5, 5.41) is 31.1. The van der Waals surface area contributed by atoms with E-state index >= 15 is 0 Å². The molecule has 1 heterocycles. The lowest BCUT2D eigenvalue weighted by molar-refractivity contribution is -0.385. The Morgan fingerprint density at radius 1 is 1.27 bits per heavy atom. The Kier molecular flexibility index (Phi) is 6.01. The Hall–Kier alpha value is -3.28. The van der Waals surface area contributed by atoms with Gasteiger partial charge in [0.2, 0.25) is 5.75 Å². The SMILES string of the molecule is COc1cc(/C(O)=C(\C#N)C(=O)N2CCCCC2)cc([N+](=O)[O-])c1OC. The molecule has 1 aromatic carbocycles. The number of carbonyl (C=O) groups excluding carboxylic acids is 1. The number of nitro groups is 1. The van der Waals surface area contributed by atoms with E-state index in [4.69, 9.17) is 9.47 Å². The Morgan fingerprint density at radius 2 is 1.92 bits per heavy atom. The van der Waals surface area contributed by atoms with Crippen LogP contribution in [-0.2, 0) is 4.79 Å². The Balaban J connectivity index is 2.54. The molecule has 9 heteroatoms. The van der Waals surface area contributed by atoms with E-state index in [1.165, 1.54) is 25.2 Å². The molecule has 1 aliphatic heterocycles. The summed E-state index contributed by atoms with van der Waals surface area (Å²) in [7, 11) is 2.54. The van der Waals surface area contributed by atoms with Crippen LogP contribution in [0.3, 0.4) is 0 Å². The average molecular weight is 361 g/mol. The normalized spacial score (nSPS) is 14.9. The number of benzene rings is 1. The summed E-state index contributed by atoms with van der Waals surface area (Å²) in [6, 6.07) is 4.03. The molecule has 2 rings (SSSR count). The number of ether oxygens (including phenoxy) is 2. The predicted octanol–water partition coefficient (Wildman–Crippen LogP) is 2.42. The molecule has 1 fully saturated rings. The molecule has 138 valence electrons. The number of hydrogen-bond donors (Lipinski definition) is 1. The summed E-state index contributed by atoms with van der Waals surface area (Å²) in [6.45, 7) is 1.01. The van der Waals surface area contributed by atoms with Crippen molar-refractivity contribution in [1.82, 2.24) is 4.90 Å². The molecule has 0 atom stereocenters. The van der Waals surface area contributed by atoms with E-state index in [-0.39, 0.29) is 17.1 Å². The second-order valence-corrected chi connectivity index (χ2v) is 5.68. The summed E-state index contributed by atoms with van der Waals surface area (Å²) < 4.78 is 10.1. The molecule has 26 heavy (non-hydrogen) atoms. The van der Waals surface area contributed by atoms with Crippen LogP contribution in [0.1, 0.15) is 24.8 Å². The minimum atomic E-state index is -0.698. The van der Waals surface area contributed by atoms with Crippen LogP contribution in [0.15, 0.2) is 17.7 Å². The van der Waals surface area contributed by atoms with E-state index in [9.17, 15) is 25.3 Å². The maximum Gasteiger partial charge on any atom is 0.315 e. The zero-order valence-electron chi connectivity index (χ0n) is 14.5. The maximum atomic E-state index is 12.5. The number of carbonyl (C=O) groups is 1. The minimum absolute atomic E-state index is 0.00552. The summed E-state index contributed by atoms with van der Waals surface area (Å²) in [6.07, 6.45) is 2.66. The number of nitro benzene ring substituents is 1. The summed E-state index contributed by atoms with van der Waals surface area (Å²) >= 11 is 0. The first-order valence-corrected chi connectivity index (χ1v) is 7.98. The van der Waals surface area contributed by atoms with Crippen molar-refractivity contribution in [2.24, 2.45) is 0 Å². The zero-order valence-corrected chi connectivity index (χ0v) is 14.5. The molecule has 9 nitrogen and oxygen atoms in total. The summed E-state index contributed by atoms with van der Waals surface area (Å²) in [5.74, 6) is -1.34. The molecular weight excluding hydrogens is 342 g/mol. The van der Waals surface area contributed by atoms with Crippen LogP contribution >= 0.6 is 0 Å². The first-order valence-electron chi connectivity index (χ1n) is 7.98. The van der Waals surface area contributed by atoms with E-state index in [1.807, 2.05) is 0 Å². The van der Waals surface area contributed by atoms with Crippen molar-refractivity contribution in [3.05, 3.63) is 33.4 Å². The van der Waals surface area contributed by atoms with Gasteiger partial charge in [-0.2, -0.15) is 5.26 Å². The van der Waals surface area contributed by atoms with Gasteiger partial charge in [-0.1, -0.05) is 0 Å². The standard InChI is InChI=1S/C17H19N3O6/c1-25-14-9-11(8-13(20(23)24)16(14)26-2)15(21)12(10-18)17(22)19-6-4-3-5-7-19/h8-9,21H,3-7H2,1-2H3/b15-12-. The first kappa shape index (κ1) is 19.1. The van der Waals surface area contributed by atoms with Crippen molar-refractivity contribution in [1.29, 1.82) is 5.26 Å². The van der Waals surface area contributed by atoms with Gasteiger partial charge in [0.25, 0.3) is 5.91 Å². The predicted molar refractivity (Wildman–Crippen MR) is 91.8 cm³/mol. The topological polar surface area (TPSA) is 126 Å². The van der Waals surface area contributed by atoms with Crippen molar-refractivity contribution in [3.8, 4) is 17.6 Å². The Morgan fingerprint density at radius 3 is 2.42 bits per heavy atom. The smallest absolute Gasteiger partial charge is 0.315 e. The van der Waals surface area contributed by atoms with Crippen LogP contribution in [0.4, 0.5) is 5.69 Å². The largest absolute Gasteiger partial charge is 0.506 e. The number of nitrogens with zero attached hydrogens (tertiary/aromatic N) is 3. The van der Waals surface area contributed by atoms with Gasteiger partial charge >= 0.3 is 5.69 Å². The van der Waals surface area contributed by atoms with Gasteiger partial charge in [0.15, 0.2) is 11.3 Å². The van der Waals surface area contributed by atoms with Crippen LogP contribution in [0.5, 0.6) is 11.5 Å². The molecule has 1 N–H and O–H groups in total. The van der Waals surface area contributed by atoms with Crippen LogP contribution in [0.2, 0.25) is 0 Å². The first-order chi connectivity index (χ1) is 12.4. The van der Waals surface area contributed by atoms with Crippen molar-refractivity contribution in [3.63, 3.8) is 0 Å². The van der Waals surface area contributed by atoms with E-state index in [0.29, 0.717) is 13.1 Å². The Labute approximate surface area is 150 Å². The zero-order chi connectivity index (χ0) is 19.3. The summed E-state index contributed by atoms with van der Waals surface area (Å²) in [5.41, 5.74) is -0.985. The van der Waals surface area contributed by atoms with E-state index in [2.05, 4.69) is 0 Å². The molecule has 0 bridgehead atoms. The molecule has 0 aliphatic carbocycles. The number of aliphatic hydroxyl groups is 1. The Bertz CT molecular complexity index is 790. The highest BCUT2D eigenvalue weighted by molar-refractivity contribution is 6.03. The van der Waals surface area contributed by atoms with Crippen LogP contribution in [0, 0.1) is 21.4 Å². The molecule has 1 amide bonds. The third-order valence-electron chi connectivity index (χ3n) is 4.14. The molecule has 0 saturated carbocycles. The number of hydrogen-bond acceptors (Lipinski definition) is 7. The molecule has 1 aliphatic rings. The molecule has 0 unspecified atom stereocenters. The van der Waals surface area contributed by atoms with Gasteiger partial charge in [-0.25, -0.2) is 0 Å². The third kappa shape index (κ3) is 3.69. The minimum Gasteiger partial charge on any atom is -0.506 e. The highest BCUT2D eigenvalue weighted by atomic mass is 16.6. The lowest BCUT2D eigenvalue weighted by Gasteiger charge is -2.26. The second-order valence-electron chi connectivity index (χ2n) is 5.68. The second kappa shape index (κ2) is 8.20. The van der Waals surface area contributed by atoms with E-state index < -0.39 is 27.9 Å². The van der Waals surface area contributed by atoms with Gasteiger partial charge in [0.05, 0.1) is 19.1 Å². The lowest BCUT2D eigenvalue weighted by atomic mass is 10.0. The molecule has 1 aromatic rings. The fraction of sp³-hybridized carbons (Fsp3) is 0.412. The summed E-state index contributed by atoms with van der Waals surface area (Å²) in [4.78, 5) is 24.6. The van der Waals surface area contributed by atoms with E-state index in [0.717, 1.165) is 25.3 Å². The number of aliphatic hydroxyl groups excluding tert-OH is 1. The van der Waals surface area contributed by atoms with Crippen molar-refractivity contribution >= 4 is 17.4 Å². The maximum absolute atomic E-state index is 12.5. The van der Waals surface area contributed by atoms with Crippen molar-refractivity contribution in [2.75, 3.05) is 27.3 Å². The molecule has 1 saturated heterocycles. The van der Waals surface area contributed by atoms with Gasteiger partial charge in [-0.15, -0.1) is 0 Å². The molecular formula is C17H19N3O6. The van der Waals surface area contributed by atoms with Gasteiger partial charge in [0.1, 0.15) is 11.8 Å².